The van der Waals surface area contributed by atoms with Crippen molar-refractivity contribution in [1.82, 2.24) is 5.32 Å². The maximum absolute atomic E-state index is 12.3. The van der Waals surface area contributed by atoms with E-state index in [1.807, 2.05) is 18.2 Å². The Morgan fingerprint density at radius 2 is 2.00 bits per heavy atom. The Kier molecular flexibility index (Phi) is 3.66. The van der Waals surface area contributed by atoms with Gasteiger partial charge in [-0.05, 0) is 42.9 Å². The first kappa shape index (κ1) is 14.4. The first-order chi connectivity index (χ1) is 10.0. The number of carbonyl (C=O) groups excluding carboxylic acids is 1. The SMILES string of the molecule is O=C(NC1(C(=O)O)CCCC1)C1CC1c1cccc(Cl)c1. The molecule has 0 aliphatic heterocycles. The number of hydrogen-bond donors (Lipinski definition) is 2. The van der Waals surface area contributed by atoms with Gasteiger partial charge in [-0.3, -0.25) is 4.79 Å². The largest absolute Gasteiger partial charge is 0.480 e. The van der Waals surface area contributed by atoms with Crippen molar-refractivity contribution in [3.63, 3.8) is 0 Å². The fraction of sp³-hybridized carbons (Fsp3) is 0.500. The smallest absolute Gasteiger partial charge is 0.329 e. The molecule has 112 valence electrons. The van der Waals surface area contributed by atoms with E-state index in [0.717, 1.165) is 24.8 Å². The van der Waals surface area contributed by atoms with Crippen molar-refractivity contribution in [1.29, 1.82) is 0 Å². The molecule has 0 saturated heterocycles. The molecule has 2 unspecified atom stereocenters. The van der Waals surface area contributed by atoms with Gasteiger partial charge in [0.2, 0.25) is 5.91 Å². The second kappa shape index (κ2) is 5.34. The van der Waals surface area contributed by atoms with Crippen molar-refractivity contribution in [3.05, 3.63) is 34.9 Å². The Labute approximate surface area is 128 Å². The Balaban J connectivity index is 1.66. The first-order valence-corrected chi connectivity index (χ1v) is 7.70. The summed E-state index contributed by atoms with van der Waals surface area (Å²) < 4.78 is 0. The number of halogens is 1. The third kappa shape index (κ3) is 2.77. The van der Waals surface area contributed by atoms with Gasteiger partial charge in [-0.25, -0.2) is 4.79 Å². The minimum absolute atomic E-state index is 0.125. The second-order valence-electron chi connectivity index (χ2n) is 6.09. The molecule has 0 radical (unpaired) electrons. The average Bonchev–Trinajstić information content (AvgIpc) is 3.11. The predicted molar refractivity (Wildman–Crippen MR) is 79.3 cm³/mol. The normalized spacial score (nSPS) is 26.3. The van der Waals surface area contributed by atoms with Crippen LogP contribution in [0.15, 0.2) is 24.3 Å². The predicted octanol–water partition coefficient (Wildman–Crippen LogP) is 2.96. The van der Waals surface area contributed by atoms with Gasteiger partial charge in [-0.1, -0.05) is 36.6 Å². The van der Waals surface area contributed by atoms with E-state index in [9.17, 15) is 14.7 Å². The zero-order valence-corrected chi connectivity index (χ0v) is 12.4. The standard InChI is InChI=1S/C16H18ClNO3/c17-11-5-3-4-10(8-11)12-9-13(12)14(19)18-16(15(20)21)6-1-2-7-16/h3-5,8,12-13H,1-2,6-7,9H2,(H,18,19)(H,20,21). The molecule has 3 rings (SSSR count). The average molecular weight is 308 g/mol. The Morgan fingerprint density at radius 1 is 1.29 bits per heavy atom. The van der Waals surface area contributed by atoms with Crippen LogP contribution in [0.25, 0.3) is 0 Å². The second-order valence-corrected chi connectivity index (χ2v) is 6.52. The summed E-state index contributed by atoms with van der Waals surface area (Å²) in [6, 6.07) is 7.52. The Hall–Kier alpha value is -1.55. The summed E-state index contributed by atoms with van der Waals surface area (Å²) in [7, 11) is 0. The van der Waals surface area contributed by atoms with Crippen molar-refractivity contribution in [2.45, 2.75) is 43.6 Å². The van der Waals surface area contributed by atoms with Crippen LogP contribution in [0.1, 0.15) is 43.6 Å². The van der Waals surface area contributed by atoms with Crippen molar-refractivity contribution in [2.75, 3.05) is 0 Å². The number of amides is 1. The minimum atomic E-state index is -1.04. The summed E-state index contributed by atoms with van der Waals surface area (Å²) in [6.45, 7) is 0. The highest BCUT2D eigenvalue weighted by atomic mass is 35.5. The monoisotopic (exact) mass is 307 g/mol. The number of aliphatic carboxylic acids is 1. The van der Waals surface area contributed by atoms with Crippen LogP contribution >= 0.6 is 11.6 Å². The maximum atomic E-state index is 12.3. The molecule has 0 heterocycles. The summed E-state index contributed by atoms with van der Waals surface area (Å²) in [5.74, 6) is -1.01. The molecule has 1 amide bonds. The molecule has 1 aromatic carbocycles. The van der Waals surface area contributed by atoms with Gasteiger partial charge in [0.25, 0.3) is 0 Å². The lowest BCUT2D eigenvalue weighted by Crippen LogP contribution is -2.53. The quantitative estimate of drug-likeness (QED) is 0.898. The van der Waals surface area contributed by atoms with Gasteiger partial charge >= 0.3 is 5.97 Å². The van der Waals surface area contributed by atoms with Crippen LogP contribution in [-0.4, -0.2) is 22.5 Å². The van der Waals surface area contributed by atoms with E-state index in [2.05, 4.69) is 5.32 Å². The van der Waals surface area contributed by atoms with Gasteiger partial charge in [0.15, 0.2) is 0 Å². The number of carboxylic acids is 1. The van der Waals surface area contributed by atoms with E-state index in [1.165, 1.54) is 0 Å². The Bertz CT molecular complexity index is 581. The Morgan fingerprint density at radius 3 is 2.62 bits per heavy atom. The van der Waals surface area contributed by atoms with Crippen LogP contribution in [0, 0.1) is 5.92 Å². The molecule has 21 heavy (non-hydrogen) atoms. The molecular weight excluding hydrogens is 290 g/mol. The molecule has 0 aromatic heterocycles. The molecule has 2 aliphatic rings. The third-order valence-electron chi connectivity index (χ3n) is 4.63. The first-order valence-electron chi connectivity index (χ1n) is 7.33. The fourth-order valence-electron chi connectivity index (χ4n) is 3.29. The van der Waals surface area contributed by atoms with E-state index in [1.54, 1.807) is 6.07 Å². The van der Waals surface area contributed by atoms with Crippen LogP contribution < -0.4 is 5.32 Å². The number of carbonyl (C=O) groups is 2. The van der Waals surface area contributed by atoms with Crippen LogP contribution in [-0.2, 0) is 9.59 Å². The van der Waals surface area contributed by atoms with E-state index in [0.29, 0.717) is 17.9 Å². The van der Waals surface area contributed by atoms with Crippen LogP contribution in [0.3, 0.4) is 0 Å². The summed E-state index contributed by atoms with van der Waals surface area (Å²) in [5.41, 5.74) is 0.0110. The number of nitrogens with one attached hydrogen (secondary N) is 1. The highest BCUT2D eigenvalue weighted by molar-refractivity contribution is 6.30. The van der Waals surface area contributed by atoms with E-state index in [-0.39, 0.29) is 17.7 Å². The third-order valence-corrected chi connectivity index (χ3v) is 4.87. The van der Waals surface area contributed by atoms with Crippen molar-refractivity contribution >= 4 is 23.5 Å². The summed E-state index contributed by atoms with van der Waals surface area (Å²) in [5, 5.41) is 12.9. The zero-order chi connectivity index (χ0) is 15.0. The van der Waals surface area contributed by atoms with Crippen LogP contribution in [0.2, 0.25) is 5.02 Å². The fourth-order valence-corrected chi connectivity index (χ4v) is 3.49. The van der Waals surface area contributed by atoms with Crippen LogP contribution in [0.5, 0.6) is 0 Å². The zero-order valence-electron chi connectivity index (χ0n) is 11.6. The van der Waals surface area contributed by atoms with Crippen LogP contribution in [0.4, 0.5) is 0 Å². The van der Waals surface area contributed by atoms with Gasteiger partial charge < -0.3 is 10.4 Å². The number of benzene rings is 1. The highest BCUT2D eigenvalue weighted by Gasteiger charge is 2.49. The molecule has 2 fully saturated rings. The number of carboxylic acid groups (broad SMARTS) is 1. The molecule has 2 aliphatic carbocycles. The molecule has 2 saturated carbocycles. The number of rotatable bonds is 4. The maximum Gasteiger partial charge on any atom is 0.329 e. The van der Waals surface area contributed by atoms with Gasteiger partial charge in [-0.15, -0.1) is 0 Å². The highest BCUT2D eigenvalue weighted by Crippen LogP contribution is 2.48. The van der Waals surface area contributed by atoms with E-state index in [4.69, 9.17) is 11.6 Å². The lowest BCUT2D eigenvalue weighted by atomic mass is 9.97. The molecule has 4 nitrogen and oxygen atoms in total. The molecular formula is C16H18ClNO3. The molecule has 2 atom stereocenters. The molecule has 1 aromatic rings. The van der Waals surface area contributed by atoms with Crippen molar-refractivity contribution in [3.8, 4) is 0 Å². The van der Waals surface area contributed by atoms with E-state index >= 15 is 0 Å². The summed E-state index contributed by atoms with van der Waals surface area (Å²) >= 11 is 5.97. The molecule has 2 N–H and O–H groups in total. The number of hydrogen-bond acceptors (Lipinski definition) is 2. The van der Waals surface area contributed by atoms with Gasteiger partial charge in [0, 0.05) is 10.9 Å². The van der Waals surface area contributed by atoms with Gasteiger partial charge in [0.1, 0.15) is 5.54 Å². The summed E-state index contributed by atoms with van der Waals surface area (Å²) in [6.07, 6.45) is 3.54. The lowest BCUT2D eigenvalue weighted by Gasteiger charge is -2.25. The van der Waals surface area contributed by atoms with Gasteiger partial charge in [0.05, 0.1) is 0 Å². The summed E-state index contributed by atoms with van der Waals surface area (Å²) in [4.78, 5) is 23.8. The molecule has 5 heteroatoms. The van der Waals surface area contributed by atoms with E-state index < -0.39 is 11.5 Å². The minimum Gasteiger partial charge on any atom is -0.480 e. The lowest BCUT2D eigenvalue weighted by molar-refractivity contribution is -0.147. The molecule has 0 bridgehead atoms. The molecule has 0 spiro atoms. The van der Waals surface area contributed by atoms with Crippen molar-refractivity contribution in [2.24, 2.45) is 5.92 Å². The van der Waals surface area contributed by atoms with Gasteiger partial charge in [-0.2, -0.15) is 0 Å². The topological polar surface area (TPSA) is 66.4 Å². The van der Waals surface area contributed by atoms with Crippen molar-refractivity contribution < 1.29 is 14.7 Å².